The molecular weight excluding hydrogens is 542 g/mol. The van der Waals surface area contributed by atoms with Gasteiger partial charge in [0.25, 0.3) is 11.8 Å². The van der Waals surface area contributed by atoms with Crippen molar-refractivity contribution in [2.45, 2.75) is 50.9 Å². The molecule has 7 nitrogen and oxygen atoms in total. The Labute approximate surface area is 240 Å². The molecule has 2 aliphatic heterocycles. The number of likely N-dealkylation sites (tertiary alicyclic amines) is 1. The molecule has 2 amide bonds. The summed E-state index contributed by atoms with van der Waals surface area (Å²) in [6.07, 6.45) is 0.233. The van der Waals surface area contributed by atoms with Crippen LogP contribution in [0.1, 0.15) is 50.9 Å². The standard InChI is InChI=1S/C31H29N3O4S2/c1-19-29(40-18-32-19)21-11-8-20(9-12-21)10-13-26(36)25-15-23(35)17-33(25)31(38)28(27-7-4-14-39-27)34-16-22-5-2-3-6-24(22)30(34)37/h2-9,11-12,14,18,23,25,28,35H,10,13,15-17H2,1H3/t23-,25+,28+/m1/s1. The van der Waals surface area contributed by atoms with Crippen LogP contribution < -0.4 is 0 Å². The lowest BCUT2D eigenvalue weighted by molar-refractivity contribution is -0.141. The molecule has 2 aromatic carbocycles. The van der Waals surface area contributed by atoms with Crippen LogP contribution in [-0.2, 0) is 22.6 Å². The summed E-state index contributed by atoms with van der Waals surface area (Å²) < 4.78 is 0. The highest BCUT2D eigenvalue weighted by molar-refractivity contribution is 7.13. The number of fused-ring (bicyclic) bond motifs is 1. The minimum atomic E-state index is -0.844. The van der Waals surface area contributed by atoms with Crippen molar-refractivity contribution in [2.24, 2.45) is 0 Å². The Hall–Kier alpha value is -3.66. The Morgan fingerprint density at radius 3 is 2.58 bits per heavy atom. The molecule has 3 atom stereocenters. The highest BCUT2D eigenvalue weighted by atomic mass is 32.1. The molecule has 1 N–H and O–H groups in total. The van der Waals surface area contributed by atoms with Gasteiger partial charge < -0.3 is 14.9 Å². The molecule has 6 rings (SSSR count). The predicted molar refractivity (Wildman–Crippen MR) is 155 cm³/mol. The molecule has 0 aliphatic carbocycles. The molecule has 4 aromatic rings. The molecule has 0 bridgehead atoms. The van der Waals surface area contributed by atoms with Gasteiger partial charge in [0, 0.05) is 36.4 Å². The number of aliphatic hydroxyl groups excluding tert-OH is 1. The number of aryl methyl sites for hydroxylation is 2. The molecule has 2 aliphatic rings. The second kappa shape index (κ2) is 11.1. The Balaban J connectivity index is 1.18. The fourth-order valence-electron chi connectivity index (χ4n) is 5.70. The van der Waals surface area contributed by atoms with Crippen molar-refractivity contribution in [1.82, 2.24) is 14.8 Å². The topological polar surface area (TPSA) is 90.8 Å². The SMILES string of the molecule is Cc1ncsc1-c1ccc(CCC(=O)[C@@H]2C[C@@H](O)CN2C(=O)[C@H](c2cccs2)N2Cc3ccccc3C2=O)cc1. The number of aromatic nitrogens is 1. The molecule has 0 saturated carbocycles. The second-order valence-electron chi connectivity index (χ2n) is 10.3. The monoisotopic (exact) mass is 571 g/mol. The van der Waals surface area contributed by atoms with Crippen molar-refractivity contribution in [2.75, 3.05) is 6.54 Å². The summed E-state index contributed by atoms with van der Waals surface area (Å²) in [5.74, 6) is -0.585. The van der Waals surface area contributed by atoms with E-state index in [1.165, 1.54) is 16.2 Å². The Morgan fingerprint density at radius 2 is 1.88 bits per heavy atom. The maximum atomic E-state index is 14.1. The van der Waals surface area contributed by atoms with Crippen LogP contribution in [0.25, 0.3) is 10.4 Å². The number of rotatable bonds is 8. The van der Waals surface area contributed by atoms with Crippen LogP contribution >= 0.6 is 22.7 Å². The highest BCUT2D eigenvalue weighted by Crippen LogP contribution is 2.36. The van der Waals surface area contributed by atoms with Gasteiger partial charge >= 0.3 is 0 Å². The molecule has 0 unspecified atom stereocenters. The number of aliphatic hydroxyl groups is 1. The van der Waals surface area contributed by atoms with Crippen LogP contribution in [0.15, 0.2) is 71.6 Å². The molecule has 1 saturated heterocycles. The number of hydrogen-bond donors (Lipinski definition) is 1. The third-order valence-corrected chi connectivity index (χ3v) is 9.67. The molecule has 40 heavy (non-hydrogen) atoms. The number of benzene rings is 2. The zero-order valence-electron chi connectivity index (χ0n) is 22.0. The first-order chi connectivity index (χ1) is 19.4. The molecule has 1 fully saturated rings. The first kappa shape index (κ1) is 26.6. The van der Waals surface area contributed by atoms with Crippen molar-refractivity contribution < 1.29 is 19.5 Å². The van der Waals surface area contributed by atoms with E-state index in [0.29, 0.717) is 18.5 Å². The van der Waals surface area contributed by atoms with Gasteiger partial charge in [-0.15, -0.1) is 22.7 Å². The van der Waals surface area contributed by atoms with Gasteiger partial charge in [0.15, 0.2) is 5.78 Å². The van der Waals surface area contributed by atoms with E-state index in [2.05, 4.69) is 4.98 Å². The quantitative estimate of drug-likeness (QED) is 0.320. The number of amides is 2. The van der Waals surface area contributed by atoms with Crippen LogP contribution in [0.3, 0.4) is 0 Å². The van der Waals surface area contributed by atoms with Crippen molar-refractivity contribution in [3.63, 3.8) is 0 Å². The maximum absolute atomic E-state index is 14.1. The lowest BCUT2D eigenvalue weighted by Crippen LogP contribution is -2.47. The lowest BCUT2D eigenvalue weighted by atomic mass is 10.00. The number of carbonyl (C=O) groups excluding carboxylic acids is 3. The van der Waals surface area contributed by atoms with E-state index in [1.807, 2.05) is 72.4 Å². The summed E-state index contributed by atoms with van der Waals surface area (Å²) in [6, 6.07) is 17.7. The zero-order valence-corrected chi connectivity index (χ0v) is 23.7. The van der Waals surface area contributed by atoms with Crippen molar-refractivity contribution >= 4 is 40.3 Å². The first-order valence-corrected chi connectivity index (χ1v) is 15.1. The lowest BCUT2D eigenvalue weighted by Gasteiger charge is -2.32. The molecule has 0 radical (unpaired) electrons. The zero-order chi connectivity index (χ0) is 27.8. The van der Waals surface area contributed by atoms with E-state index in [1.54, 1.807) is 22.3 Å². The average Bonchev–Trinajstić information content (AvgIpc) is 3.77. The number of nitrogens with zero attached hydrogens (tertiary/aromatic N) is 3. The molecule has 9 heteroatoms. The van der Waals surface area contributed by atoms with Gasteiger partial charge in [0.05, 0.1) is 28.2 Å². The van der Waals surface area contributed by atoms with Gasteiger partial charge in [-0.25, -0.2) is 4.98 Å². The third kappa shape index (κ3) is 5.00. The van der Waals surface area contributed by atoms with Crippen LogP contribution in [-0.4, -0.2) is 56.2 Å². The molecule has 0 spiro atoms. The summed E-state index contributed by atoms with van der Waals surface area (Å²) in [6.45, 7) is 2.40. The summed E-state index contributed by atoms with van der Waals surface area (Å²) in [4.78, 5) is 50.2. The Kier molecular flexibility index (Phi) is 7.35. The number of carbonyl (C=O) groups is 3. The van der Waals surface area contributed by atoms with Crippen LogP contribution in [0.2, 0.25) is 0 Å². The van der Waals surface area contributed by atoms with E-state index in [9.17, 15) is 19.5 Å². The van der Waals surface area contributed by atoms with Gasteiger partial charge in [0.1, 0.15) is 6.04 Å². The highest BCUT2D eigenvalue weighted by Gasteiger charge is 2.45. The maximum Gasteiger partial charge on any atom is 0.255 e. The summed E-state index contributed by atoms with van der Waals surface area (Å²) in [5, 5.41) is 12.4. The Bertz CT molecular complexity index is 1550. The number of thiazole rings is 1. The van der Waals surface area contributed by atoms with Crippen LogP contribution in [0.5, 0.6) is 0 Å². The second-order valence-corrected chi connectivity index (χ2v) is 12.2. The van der Waals surface area contributed by atoms with Crippen LogP contribution in [0.4, 0.5) is 0 Å². The van der Waals surface area contributed by atoms with Gasteiger partial charge in [-0.1, -0.05) is 48.5 Å². The smallest absolute Gasteiger partial charge is 0.255 e. The average molecular weight is 572 g/mol. The summed E-state index contributed by atoms with van der Waals surface area (Å²) >= 11 is 3.02. The number of hydrogen-bond acceptors (Lipinski definition) is 7. The van der Waals surface area contributed by atoms with Crippen molar-refractivity contribution in [3.05, 3.63) is 98.8 Å². The van der Waals surface area contributed by atoms with Crippen LogP contribution in [0, 0.1) is 6.92 Å². The molecular formula is C31H29N3O4S2. The van der Waals surface area contributed by atoms with Gasteiger partial charge in [0.2, 0.25) is 0 Å². The van der Waals surface area contributed by atoms with E-state index in [-0.39, 0.29) is 37.0 Å². The van der Waals surface area contributed by atoms with Gasteiger partial charge in [-0.3, -0.25) is 14.4 Å². The summed E-state index contributed by atoms with van der Waals surface area (Å²) in [7, 11) is 0. The fourth-order valence-corrected chi connectivity index (χ4v) is 7.34. The Morgan fingerprint density at radius 1 is 1.07 bits per heavy atom. The number of Topliss-reactive ketones (excluding diaryl/α,β-unsaturated/α-hetero) is 1. The molecule has 204 valence electrons. The van der Waals surface area contributed by atoms with Crippen molar-refractivity contribution in [3.8, 4) is 10.4 Å². The molecule has 2 aromatic heterocycles. The number of thiophene rings is 1. The minimum absolute atomic E-state index is 0.0757. The number of ketones is 1. The minimum Gasteiger partial charge on any atom is -0.391 e. The van der Waals surface area contributed by atoms with E-state index in [0.717, 1.165) is 32.1 Å². The van der Waals surface area contributed by atoms with Gasteiger partial charge in [-0.2, -0.15) is 0 Å². The van der Waals surface area contributed by atoms with E-state index in [4.69, 9.17) is 0 Å². The normalized spacial score (nSPS) is 19.2. The van der Waals surface area contributed by atoms with E-state index < -0.39 is 18.2 Å². The predicted octanol–water partition coefficient (Wildman–Crippen LogP) is 5.04. The van der Waals surface area contributed by atoms with E-state index >= 15 is 0 Å². The largest absolute Gasteiger partial charge is 0.391 e. The third-order valence-electron chi connectivity index (χ3n) is 7.76. The number of β-amino-alcohol motifs (C(OH)–C–C–N with tert-alkyl or cyclic N) is 1. The van der Waals surface area contributed by atoms with Crippen molar-refractivity contribution in [1.29, 1.82) is 0 Å². The first-order valence-electron chi connectivity index (χ1n) is 13.3. The molecule has 4 heterocycles. The summed E-state index contributed by atoms with van der Waals surface area (Å²) in [5.41, 5.74) is 6.45. The fraction of sp³-hybridized carbons (Fsp3) is 0.290. The van der Waals surface area contributed by atoms with Gasteiger partial charge in [-0.05, 0) is 47.5 Å².